The molecule has 1 aliphatic carbocycles. The summed E-state index contributed by atoms with van der Waals surface area (Å²) in [4.78, 5) is 14.0. The molecule has 1 fully saturated rings. The summed E-state index contributed by atoms with van der Waals surface area (Å²) in [6.07, 6.45) is 2.24. The topological polar surface area (TPSA) is 55.6 Å². The van der Waals surface area contributed by atoms with E-state index in [0.29, 0.717) is 30.8 Å². The van der Waals surface area contributed by atoms with Gasteiger partial charge in [-0.05, 0) is 12.5 Å². The monoisotopic (exact) mass is 250 g/mol. The number of nitrogen functional groups attached to an aromatic ring is 1. The summed E-state index contributed by atoms with van der Waals surface area (Å²) in [7, 11) is 0. The van der Waals surface area contributed by atoms with E-state index in [4.69, 9.17) is 10.5 Å². The van der Waals surface area contributed by atoms with Gasteiger partial charge in [0, 0.05) is 25.5 Å². The second-order valence-electron chi connectivity index (χ2n) is 4.89. The summed E-state index contributed by atoms with van der Waals surface area (Å²) < 4.78 is 19.1. The number of rotatable bonds is 2. The van der Waals surface area contributed by atoms with Crippen LogP contribution < -0.4 is 15.4 Å². The minimum absolute atomic E-state index is 0.0251. The number of hydrogen-bond donors (Lipinski definition) is 1. The first-order valence-corrected chi connectivity index (χ1v) is 6.17. The third-order valence-electron chi connectivity index (χ3n) is 3.46. The molecule has 18 heavy (non-hydrogen) atoms. The zero-order chi connectivity index (χ0) is 12.9. The van der Waals surface area contributed by atoms with E-state index in [1.807, 2.05) is 6.92 Å². The summed E-state index contributed by atoms with van der Waals surface area (Å²) in [5.41, 5.74) is 5.45. The van der Waals surface area contributed by atoms with Crippen LogP contribution in [0.2, 0.25) is 0 Å². The van der Waals surface area contributed by atoms with Gasteiger partial charge in [-0.15, -0.1) is 0 Å². The van der Waals surface area contributed by atoms with Crippen molar-refractivity contribution in [3.05, 3.63) is 17.9 Å². The lowest BCUT2D eigenvalue weighted by atomic mass is 10.1. The van der Waals surface area contributed by atoms with Gasteiger partial charge >= 0.3 is 0 Å². The fraction of sp³-hybridized carbons (Fsp3) is 0.462. The van der Waals surface area contributed by atoms with Crippen LogP contribution >= 0.6 is 0 Å². The average Bonchev–Trinajstić information content (AvgIpc) is 3.09. The van der Waals surface area contributed by atoms with Crippen molar-refractivity contribution < 1.29 is 13.9 Å². The molecule has 0 aromatic heterocycles. The number of nitrogens with zero attached hydrogens (tertiary/aromatic N) is 1. The first kappa shape index (κ1) is 11.3. The van der Waals surface area contributed by atoms with Gasteiger partial charge in [0.25, 0.3) is 5.91 Å². The van der Waals surface area contributed by atoms with Crippen molar-refractivity contribution >= 4 is 17.3 Å². The van der Waals surface area contributed by atoms with Gasteiger partial charge in [0.1, 0.15) is 11.6 Å². The van der Waals surface area contributed by atoms with Crippen molar-refractivity contribution in [1.29, 1.82) is 0 Å². The number of anilines is 2. The molecule has 0 saturated heterocycles. The smallest absolute Gasteiger partial charge is 0.271 e. The third-order valence-corrected chi connectivity index (χ3v) is 3.46. The molecule has 1 saturated carbocycles. The Labute approximate surface area is 105 Å². The number of ether oxygens (including phenoxy) is 1. The highest BCUT2D eigenvalue weighted by atomic mass is 19.1. The van der Waals surface area contributed by atoms with Gasteiger partial charge in [-0.3, -0.25) is 4.79 Å². The molecule has 1 amide bonds. The molecule has 5 heteroatoms. The van der Waals surface area contributed by atoms with E-state index >= 15 is 0 Å². The molecule has 0 atom stereocenters. The first-order chi connectivity index (χ1) is 8.57. The Morgan fingerprint density at radius 3 is 2.83 bits per heavy atom. The second kappa shape index (κ2) is 3.60. The van der Waals surface area contributed by atoms with E-state index in [9.17, 15) is 9.18 Å². The fourth-order valence-corrected chi connectivity index (χ4v) is 2.34. The Morgan fingerprint density at radius 2 is 2.22 bits per heavy atom. The minimum Gasteiger partial charge on any atom is -0.475 e. The maximum Gasteiger partial charge on any atom is 0.271 e. The molecule has 0 bridgehead atoms. The zero-order valence-corrected chi connectivity index (χ0v) is 10.2. The van der Waals surface area contributed by atoms with Gasteiger partial charge in [-0.25, -0.2) is 4.39 Å². The number of nitrogens with two attached hydrogens (primary N) is 1. The van der Waals surface area contributed by atoms with Crippen LogP contribution in [0.4, 0.5) is 15.8 Å². The van der Waals surface area contributed by atoms with E-state index in [1.165, 1.54) is 12.1 Å². The molecule has 4 nitrogen and oxygen atoms in total. The summed E-state index contributed by atoms with van der Waals surface area (Å²) in [6, 6.07) is 2.76. The van der Waals surface area contributed by atoms with Crippen LogP contribution in [0.15, 0.2) is 12.1 Å². The standard InChI is InChI=1S/C13H15FN2O2/c1-2-5-16-10-7-9(15)8(14)6-11(10)18-13(3-4-13)12(16)17/h6-7H,2-5,15H2,1H3. The van der Waals surface area contributed by atoms with Crippen molar-refractivity contribution in [3.8, 4) is 5.75 Å². The lowest BCUT2D eigenvalue weighted by Crippen LogP contribution is -2.48. The molecular formula is C13H15FN2O2. The van der Waals surface area contributed by atoms with Gasteiger partial charge in [-0.1, -0.05) is 6.92 Å². The van der Waals surface area contributed by atoms with E-state index < -0.39 is 11.4 Å². The van der Waals surface area contributed by atoms with Crippen LogP contribution in [0, 0.1) is 5.82 Å². The molecule has 2 aliphatic rings. The molecule has 1 aromatic carbocycles. The lowest BCUT2D eigenvalue weighted by Gasteiger charge is -2.34. The Kier molecular flexibility index (Phi) is 2.27. The normalized spacial score (nSPS) is 19.7. The van der Waals surface area contributed by atoms with Crippen LogP contribution in [0.25, 0.3) is 0 Å². The second-order valence-corrected chi connectivity index (χ2v) is 4.89. The minimum atomic E-state index is -0.731. The van der Waals surface area contributed by atoms with Gasteiger partial charge < -0.3 is 15.4 Å². The predicted molar refractivity (Wildman–Crippen MR) is 66.0 cm³/mol. The van der Waals surface area contributed by atoms with Crippen LogP contribution in [0.5, 0.6) is 5.75 Å². The summed E-state index contributed by atoms with van der Waals surface area (Å²) in [5, 5.41) is 0. The number of hydrogen-bond acceptors (Lipinski definition) is 3. The Balaban J connectivity index is 2.10. The van der Waals surface area contributed by atoms with Gasteiger partial charge in [0.05, 0.1) is 11.4 Å². The number of carbonyl (C=O) groups excluding carboxylic acids is 1. The molecule has 3 rings (SSSR count). The number of fused-ring (bicyclic) bond motifs is 1. The van der Waals surface area contributed by atoms with Crippen molar-refractivity contribution in [2.24, 2.45) is 0 Å². The predicted octanol–water partition coefficient (Wildman–Crippen LogP) is 2.08. The summed E-state index contributed by atoms with van der Waals surface area (Å²) in [5.74, 6) is -0.106. The number of amides is 1. The first-order valence-electron chi connectivity index (χ1n) is 6.17. The van der Waals surface area contributed by atoms with Crippen LogP contribution in [0.1, 0.15) is 26.2 Å². The largest absolute Gasteiger partial charge is 0.475 e. The van der Waals surface area contributed by atoms with Gasteiger partial charge in [0.15, 0.2) is 5.60 Å². The Bertz CT molecular complexity index is 526. The molecule has 1 aliphatic heterocycles. The van der Waals surface area contributed by atoms with Crippen molar-refractivity contribution in [2.75, 3.05) is 17.2 Å². The quantitative estimate of drug-likeness (QED) is 0.817. The molecule has 1 spiro atoms. The van der Waals surface area contributed by atoms with Crippen LogP contribution in [-0.4, -0.2) is 18.1 Å². The Hall–Kier alpha value is -1.78. The van der Waals surface area contributed by atoms with Crippen LogP contribution in [0.3, 0.4) is 0 Å². The van der Waals surface area contributed by atoms with Gasteiger partial charge in [-0.2, -0.15) is 0 Å². The average molecular weight is 250 g/mol. The van der Waals surface area contributed by atoms with Crippen molar-refractivity contribution in [1.82, 2.24) is 0 Å². The highest BCUT2D eigenvalue weighted by Crippen LogP contribution is 2.49. The SMILES string of the molecule is CCCN1C(=O)C2(CC2)Oc2cc(F)c(N)cc21. The van der Waals surface area contributed by atoms with E-state index in [-0.39, 0.29) is 11.6 Å². The summed E-state index contributed by atoms with van der Waals surface area (Å²) in [6.45, 7) is 2.59. The van der Waals surface area contributed by atoms with Crippen LogP contribution in [-0.2, 0) is 4.79 Å². The van der Waals surface area contributed by atoms with E-state index in [2.05, 4.69) is 0 Å². The number of halogens is 1. The molecule has 96 valence electrons. The lowest BCUT2D eigenvalue weighted by molar-refractivity contribution is -0.128. The Morgan fingerprint density at radius 1 is 1.50 bits per heavy atom. The van der Waals surface area contributed by atoms with E-state index in [0.717, 1.165) is 6.42 Å². The van der Waals surface area contributed by atoms with E-state index in [1.54, 1.807) is 4.90 Å². The maximum absolute atomic E-state index is 13.5. The van der Waals surface area contributed by atoms with Gasteiger partial charge in [0.2, 0.25) is 0 Å². The number of benzene rings is 1. The van der Waals surface area contributed by atoms with Crippen molar-refractivity contribution in [2.45, 2.75) is 31.8 Å². The molecule has 1 aromatic rings. The van der Waals surface area contributed by atoms with Crippen molar-refractivity contribution in [3.63, 3.8) is 0 Å². The fourth-order valence-electron chi connectivity index (χ4n) is 2.34. The third kappa shape index (κ3) is 1.46. The molecule has 0 radical (unpaired) electrons. The highest BCUT2D eigenvalue weighted by molar-refractivity contribution is 6.05. The highest BCUT2D eigenvalue weighted by Gasteiger charge is 2.57. The number of carbonyl (C=O) groups is 1. The molecule has 0 unspecified atom stereocenters. The molecule has 1 heterocycles. The zero-order valence-electron chi connectivity index (χ0n) is 10.2. The summed E-state index contributed by atoms with van der Waals surface area (Å²) >= 11 is 0. The molecule has 2 N–H and O–H groups in total. The maximum atomic E-state index is 13.5. The molecular weight excluding hydrogens is 235 g/mol.